The molecule has 1 aliphatic rings. The lowest BCUT2D eigenvalue weighted by Gasteiger charge is -2.29. The van der Waals surface area contributed by atoms with Crippen molar-refractivity contribution in [2.45, 2.75) is 31.5 Å². The summed E-state index contributed by atoms with van der Waals surface area (Å²) in [6, 6.07) is 10.7. The summed E-state index contributed by atoms with van der Waals surface area (Å²) in [5.74, 6) is -0.844. The molecule has 0 radical (unpaired) electrons. The average Bonchev–Trinajstić information content (AvgIpc) is 3.24. The first-order valence-electron chi connectivity index (χ1n) is 8.62. The van der Waals surface area contributed by atoms with Crippen LogP contribution in [0.25, 0.3) is 0 Å². The van der Waals surface area contributed by atoms with E-state index in [1.165, 1.54) is 0 Å². The molecule has 0 saturated carbocycles. The first-order chi connectivity index (χ1) is 12.5. The van der Waals surface area contributed by atoms with Gasteiger partial charge in [0.15, 0.2) is 0 Å². The maximum atomic E-state index is 12.0. The van der Waals surface area contributed by atoms with Gasteiger partial charge in [0.2, 0.25) is 0 Å². The third-order valence-electron chi connectivity index (χ3n) is 4.60. The van der Waals surface area contributed by atoms with Crippen molar-refractivity contribution in [2.75, 3.05) is 11.4 Å². The molecule has 7 nitrogen and oxygen atoms in total. The van der Waals surface area contributed by atoms with E-state index in [2.05, 4.69) is 5.32 Å². The maximum Gasteiger partial charge on any atom is 0.407 e. The molecule has 2 atom stereocenters. The lowest BCUT2D eigenvalue weighted by Crippen LogP contribution is -2.46. The van der Waals surface area contributed by atoms with E-state index in [-0.39, 0.29) is 12.6 Å². The van der Waals surface area contributed by atoms with E-state index in [0.717, 1.165) is 11.3 Å². The van der Waals surface area contributed by atoms with Crippen LogP contribution in [0.1, 0.15) is 18.4 Å². The van der Waals surface area contributed by atoms with Gasteiger partial charge in [-0.3, -0.25) is 0 Å². The van der Waals surface area contributed by atoms with Gasteiger partial charge in [-0.15, -0.1) is 0 Å². The number of carbonyl (C=O) groups is 2. The van der Waals surface area contributed by atoms with Crippen molar-refractivity contribution in [1.82, 2.24) is 9.88 Å². The molecule has 1 aromatic heterocycles. The fourth-order valence-electron chi connectivity index (χ4n) is 3.33. The van der Waals surface area contributed by atoms with Crippen LogP contribution in [0.15, 0.2) is 48.8 Å². The van der Waals surface area contributed by atoms with Crippen molar-refractivity contribution < 1.29 is 19.4 Å². The minimum absolute atomic E-state index is 0.0808. The van der Waals surface area contributed by atoms with Crippen molar-refractivity contribution in [3.8, 4) is 0 Å². The lowest BCUT2D eigenvalue weighted by atomic mass is 10.2. The summed E-state index contributed by atoms with van der Waals surface area (Å²) in [6.07, 6.45) is 4.52. The van der Waals surface area contributed by atoms with Gasteiger partial charge in [0.05, 0.1) is 5.69 Å². The highest BCUT2D eigenvalue weighted by Gasteiger charge is 2.38. The lowest BCUT2D eigenvalue weighted by molar-refractivity contribution is -0.138. The topological polar surface area (TPSA) is 83.8 Å². The van der Waals surface area contributed by atoms with E-state index in [4.69, 9.17) is 4.74 Å². The molecule has 2 heterocycles. The summed E-state index contributed by atoms with van der Waals surface area (Å²) in [7, 11) is 1.89. The van der Waals surface area contributed by atoms with E-state index in [9.17, 15) is 14.7 Å². The standard InChI is InChI=1S/C19H23N3O4/c1-21-10-9-16(12-21)22-15(7-8-17(22)18(23)24)11-20-19(25)26-13-14-5-3-2-4-6-14/h2-6,9-10,12,15,17H,7-8,11,13H2,1H3,(H,20,25)(H,23,24)/t15-,17-/m1/s1. The SMILES string of the molecule is Cn1ccc(N2[C@@H](CNC(=O)OCc3ccccc3)CC[C@@H]2C(=O)O)c1. The van der Waals surface area contributed by atoms with Crippen LogP contribution in [-0.2, 0) is 23.2 Å². The van der Waals surface area contributed by atoms with Gasteiger partial charge in [0, 0.05) is 32.0 Å². The number of aromatic nitrogens is 1. The molecule has 2 aromatic rings. The molecule has 0 aliphatic carbocycles. The van der Waals surface area contributed by atoms with Crippen molar-refractivity contribution in [3.63, 3.8) is 0 Å². The van der Waals surface area contributed by atoms with E-state index in [1.54, 1.807) is 0 Å². The Hall–Kier alpha value is -2.96. The van der Waals surface area contributed by atoms with Gasteiger partial charge >= 0.3 is 12.1 Å². The van der Waals surface area contributed by atoms with Crippen LogP contribution in [-0.4, -0.2) is 40.4 Å². The number of anilines is 1. The molecule has 2 N–H and O–H groups in total. The molecule has 1 amide bonds. The number of nitrogens with zero attached hydrogens (tertiary/aromatic N) is 2. The Labute approximate surface area is 152 Å². The summed E-state index contributed by atoms with van der Waals surface area (Å²) in [5, 5.41) is 12.3. The molecule has 26 heavy (non-hydrogen) atoms. The Balaban J connectivity index is 1.57. The van der Waals surface area contributed by atoms with Crippen molar-refractivity contribution in [1.29, 1.82) is 0 Å². The number of amides is 1. The Morgan fingerprint density at radius 1 is 1.23 bits per heavy atom. The molecule has 1 aliphatic heterocycles. The number of aryl methyl sites for hydroxylation is 1. The second-order valence-electron chi connectivity index (χ2n) is 6.47. The van der Waals surface area contributed by atoms with Gasteiger partial charge in [-0.05, 0) is 24.5 Å². The molecule has 1 saturated heterocycles. The predicted octanol–water partition coefficient (Wildman–Crippen LogP) is 2.37. The predicted molar refractivity (Wildman–Crippen MR) is 97.0 cm³/mol. The number of rotatable bonds is 6. The molecular formula is C19H23N3O4. The largest absolute Gasteiger partial charge is 0.480 e. The number of alkyl carbamates (subject to hydrolysis) is 1. The number of benzene rings is 1. The molecule has 1 fully saturated rings. The smallest absolute Gasteiger partial charge is 0.407 e. The first-order valence-corrected chi connectivity index (χ1v) is 8.62. The zero-order valence-corrected chi connectivity index (χ0v) is 14.7. The highest BCUT2D eigenvalue weighted by molar-refractivity contribution is 5.79. The van der Waals surface area contributed by atoms with E-state index in [1.807, 2.05) is 65.3 Å². The molecule has 138 valence electrons. The first kappa shape index (κ1) is 17.8. The maximum absolute atomic E-state index is 12.0. The minimum Gasteiger partial charge on any atom is -0.480 e. The van der Waals surface area contributed by atoms with Crippen molar-refractivity contribution in [3.05, 3.63) is 54.4 Å². The van der Waals surface area contributed by atoms with Gasteiger partial charge in [0.25, 0.3) is 0 Å². The van der Waals surface area contributed by atoms with Crippen LogP contribution in [0, 0.1) is 0 Å². The number of carbonyl (C=O) groups excluding carboxylic acids is 1. The number of nitrogens with one attached hydrogen (secondary N) is 1. The van der Waals surface area contributed by atoms with Gasteiger partial charge in [0.1, 0.15) is 12.6 Å². The highest BCUT2D eigenvalue weighted by Crippen LogP contribution is 2.30. The summed E-state index contributed by atoms with van der Waals surface area (Å²) < 4.78 is 7.10. The Bertz CT molecular complexity index is 759. The van der Waals surface area contributed by atoms with Gasteiger partial charge < -0.3 is 24.6 Å². The van der Waals surface area contributed by atoms with Crippen LogP contribution >= 0.6 is 0 Å². The minimum atomic E-state index is -0.844. The summed E-state index contributed by atoms with van der Waals surface area (Å²) in [4.78, 5) is 25.4. The zero-order valence-electron chi connectivity index (χ0n) is 14.7. The molecule has 7 heteroatoms. The van der Waals surface area contributed by atoms with Gasteiger partial charge in [-0.25, -0.2) is 9.59 Å². The van der Waals surface area contributed by atoms with E-state index >= 15 is 0 Å². The Kier molecular flexibility index (Phi) is 5.46. The Morgan fingerprint density at radius 2 is 2.00 bits per heavy atom. The molecular weight excluding hydrogens is 334 g/mol. The molecule has 0 unspecified atom stereocenters. The molecule has 0 spiro atoms. The summed E-state index contributed by atoms with van der Waals surface area (Å²) in [5.41, 5.74) is 1.77. The Morgan fingerprint density at radius 3 is 2.65 bits per heavy atom. The fourth-order valence-corrected chi connectivity index (χ4v) is 3.33. The number of hydrogen-bond acceptors (Lipinski definition) is 4. The van der Waals surface area contributed by atoms with Crippen molar-refractivity contribution >= 4 is 17.7 Å². The number of hydrogen-bond donors (Lipinski definition) is 2. The third kappa shape index (κ3) is 4.17. The number of carboxylic acids is 1. The number of ether oxygens (including phenoxy) is 1. The molecule has 0 bridgehead atoms. The quantitative estimate of drug-likeness (QED) is 0.829. The van der Waals surface area contributed by atoms with Gasteiger partial charge in [-0.1, -0.05) is 30.3 Å². The van der Waals surface area contributed by atoms with E-state index in [0.29, 0.717) is 19.4 Å². The normalized spacial score (nSPS) is 19.3. The monoisotopic (exact) mass is 357 g/mol. The highest BCUT2D eigenvalue weighted by atomic mass is 16.5. The number of aliphatic carboxylic acids is 1. The second kappa shape index (κ2) is 7.95. The van der Waals surface area contributed by atoms with Crippen LogP contribution in [0.3, 0.4) is 0 Å². The third-order valence-corrected chi connectivity index (χ3v) is 4.60. The fraction of sp³-hybridized carbons (Fsp3) is 0.368. The van der Waals surface area contributed by atoms with Crippen LogP contribution in [0.5, 0.6) is 0 Å². The van der Waals surface area contributed by atoms with Crippen LogP contribution in [0.4, 0.5) is 10.5 Å². The number of carboxylic acid groups (broad SMARTS) is 1. The summed E-state index contributed by atoms with van der Waals surface area (Å²) >= 11 is 0. The van der Waals surface area contributed by atoms with Gasteiger partial charge in [-0.2, -0.15) is 0 Å². The second-order valence-corrected chi connectivity index (χ2v) is 6.47. The van der Waals surface area contributed by atoms with Crippen molar-refractivity contribution in [2.24, 2.45) is 7.05 Å². The molecule has 1 aromatic carbocycles. The van der Waals surface area contributed by atoms with E-state index < -0.39 is 18.1 Å². The summed E-state index contributed by atoms with van der Waals surface area (Å²) in [6.45, 7) is 0.545. The zero-order chi connectivity index (χ0) is 18.5. The average molecular weight is 357 g/mol. The molecule has 3 rings (SSSR count). The van der Waals surface area contributed by atoms with Crippen LogP contribution in [0.2, 0.25) is 0 Å². The van der Waals surface area contributed by atoms with Crippen LogP contribution < -0.4 is 10.2 Å².